The van der Waals surface area contributed by atoms with E-state index in [1.807, 2.05) is 37.2 Å². The minimum absolute atomic E-state index is 0.227. The SMILES string of the molecule is CNCc1ccc(Br)cc1N(C)c1cccc(F)c1. The van der Waals surface area contributed by atoms with E-state index >= 15 is 0 Å². The first-order valence-corrected chi connectivity index (χ1v) is 6.83. The van der Waals surface area contributed by atoms with Crippen molar-refractivity contribution in [3.8, 4) is 0 Å². The van der Waals surface area contributed by atoms with Crippen LogP contribution in [0.5, 0.6) is 0 Å². The van der Waals surface area contributed by atoms with Crippen LogP contribution < -0.4 is 10.2 Å². The van der Waals surface area contributed by atoms with Crippen molar-refractivity contribution in [1.82, 2.24) is 5.32 Å². The summed E-state index contributed by atoms with van der Waals surface area (Å²) in [5.74, 6) is -0.227. The molecule has 0 aliphatic heterocycles. The van der Waals surface area contributed by atoms with E-state index in [0.29, 0.717) is 0 Å². The molecule has 2 rings (SSSR count). The van der Waals surface area contributed by atoms with Crippen LogP contribution in [0.2, 0.25) is 0 Å². The van der Waals surface area contributed by atoms with E-state index < -0.39 is 0 Å². The number of rotatable bonds is 4. The monoisotopic (exact) mass is 322 g/mol. The first kappa shape index (κ1) is 14.0. The number of halogens is 2. The van der Waals surface area contributed by atoms with E-state index in [1.54, 1.807) is 6.07 Å². The molecule has 2 aromatic rings. The molecule has 0 aliphatic rings. The molecular formula is C15H16BrFN2. The smallest absolute Gasteiger partial charge is 0.125 e. The quantitative estimate of drug-likeness (QED) is 0.912. The van der Waals surface area contributed by atoms with Crippen molar-refractivity contribution in [3.63, 3.8) is 0 Å². The molecule has 100 valence electrons. The fourth-order valence-corrected chi connectivity index (χ4v) is 2.36. The fraction of sp³-hybridized carbons (Fsp3) is 0.200. The summed E-state index contributed by atoms with van der Waals surface area (Å²) in [6.07, 6.45) is 0. The molecule has 0 unspecified atom stereocenters. The topological polar surface area (TPSA) is 15.3 Å². The lowest BCUT2D eigenvalue weighted by atomic mass is 10.1. The van der Waals surface area contributed by atoms with Crippen molar-refractivity contribution >= 4 is 27.3 Å². The van der Waals surface area contributed by atoms with Crippen LogP contribution in [0.25, 0.3) is 0 Å². The Kier molecular flexibility index (Phi) is 4.56. The molecule has 0 saturated heterocycles. The Bertz CT molecular complexity index is 572. The van der Waals surface area contributed by atoms with Gasteiger partial charge in [-0.05, 0) is 42.9 Å². The zero-order chi connectivity index (χ0) is 13.8. The Morgan fingerprint density at radius 3 is 2.68 bits per heavy atom. The van der Waals surface area contributed by atoms with Crippen molar-refractivity contribution in [3.05, 3.63) is 58.3 Å². The number of hydrogen-bond acceptors (Lipinski definition) is 2. The number of anilines is 2. The predicted octanol–water partition coefficient (Wildman–Crippen LogP) is 4.08. The van der Waals surface area contributed by atoms with Crippen LogP contribution in [-0.4, -0.2) is 14.1 Å². The van der Waals surface area contributed by atoms with Crippen molar-refractivity contribution < 1.29 is 4.39 Å². The van der Waals surface area contributed by atoms with Gasteiger partial charge >= 0.3 is 0 Å². The van der Waals surface area contributed by atoms with Gasteiger partial charge in [-0.15, -0.1) is 0 Å². The minimum atomic E-state index is -0.227. The van der Waals surface area contributed by atoms with Gasteiger partial charge in [-0.2, -0.15) is 0 Å². The maximum absolute atomic E-state index is 13.3. The van der Waals surface area contributed by atoms with Crippen LogP contribution in [0.4, 0.5) is 15.8 Å². The van der Waals surface area contributed by atoms with Crippen LogP contribution in [0, 0.1) is 5.82 Å². The van der Waals surface area contributed by atoms with E-state index in [9.17, 15) is 4.39 Å². The molecule has 0 heterocycles. The van der Waals surface area contributed by atoms with Crippen LogP contribution in [-0.2, 0) is 6.54 Å². The standard InChI is InChI=1S/C15H16BrFN2/c1-18-10-11-6-7-12(16)8-15(11)19(2)14-5-3-4-13(17)9-14/h3-9,18H,10H2,1-2H3. The third-order valence-electron chi connectivity index (χ3n) is 2.97. The maximum atomic E-state index is 13.3. The minimum Gasteiger partial charge on any atom is -0.344 e. The molecular weight excluding hydrogens is 307 g/mol. The summed E-state index contributed by atoms with van der Waals surface area (Å²) in [6.45, 7) is 0.766. The Hall–Kier alpha value is -1.39. The van der Waals surface area contributed by atoms with E-state index in [-0.39, 0.29) is 5.82 Å². The second-order valence-electron chi connectivity index (χ2n) is 4.34. The summed E-state index contributed by atoms with van der Waals surface area (Å²) >= 11 is 3.48. The lowest BCUT2D eigenvalue weighted by Crippen LogP contribution is -2.15. The number of nitrogens with zero attached hydrogens (tertiary/aromatic N) is 1. The second-order valence-corrected chi connectivity index (χ2v) is 5.26. The van der Waals surface area contributed by atoms with Gasteiger partial charge in [-0.25, -0.2) is 4.39 Å². The summed E-state index contributed by atoms with van der Waals surface area (Å²) in [7, 11) is 3.85. The highest BCUT2D eigenvalue weighted by Crippen LogP contribution is 2.30. The summed E-state index contributed by atoms with van der Waals surface area (Å²) < 4.78 is 14.3. The molecule has 0 saturated carbocycles. The predicted molar refractivity (Wildman–Crippen MR) is 81.4 cm³/mol. The molecule has 2 aromatic carbocycles. The Morgan fingerprint density at radius 2 is 2.00 bits per heavy atom. The molecule has 1 N–H and O–H groups in total. The lowest BCUT2D eigenvalue weighted by molar-refractivity contribution is 0.628. The van der Waals surface area contributed by atoms with Crippen LogP contribution in [0.15, 0.2) is 46.9 Å². The molecule has 0 fully saturated rings. The van der Waals surface area contributed by atoms with E-state index in [2.05, 4.69) is 27.3 Å². The van der Waals surface area contributed by atoms with Crippen LogP contribution in [0.1, 0.15) is 5.56 Å². The molecule has 2 nitrogen and oxygen atoms in total. The fourth-order valence-electron chi connectivity index (χ4n) is 2.01. The first-order chi connectivity index (χ1) is 9.11. The van der Waals surface area contributed by atoms with Gasteiger partial charge in [0.25, 0.3) is 0 Å². The van der Waals surface area contributed by atoms with Crippen molar-refractivity contribution in [2.75, 3.05) is 19.0 Å². The Labute approximate surface area is 121 Å². The van der Waals surface area contributed by atoms with Gasteiger partial charge in [-0.3, -0.25) is 0 Å². The zero-order valence-corrected chi connectivity index (χ0v) is 12.5. The Morgan fingerprint density at radius 1 is 1.21 bits per heavy atom. The molecule has 0 amide bonds. The van der Waals surface area contributed by atoms with E-state index in [0.717, 1.165) is 28.0 Å². The maximum Gasteiger partial charge on any atom is 0.125 e. The van der Waals surface area contributed by atoms with Crippen LogP contribution >= 0.6 is 15.9 Å². The molecule has 0 aliphatic carbocycles. The highest BCUT2D eigenvalue weighted by molar-refractivity contribution is 9.10. The molecule has 0 atom stereocenters. The summed E-state index contributed by atoms with van der Waals surface area (Å²) in [6, 6.07) is 12.7. The van der Waals surface area contributed by atoms with Gasteiger partial charge in [0.15, 0.2) is 0 Å². The molecule has 0 radical (unpaired) electrons. The summed E-state index contributed by atoms with van der Waals surface area (Å²) in [4.78, 5) is 1.99. The van der Waals surface area contributed by atoms with Gasteiger partial charge in [0.1, 0.15) is 5.82 Å². The molecule has 0 spiro atoms. The average Bonchev–Trinajstić information content (AvgIpc) is 2.40. The highest BCUT2D eigenvalue weighted by Gasteiger charge is 2.10. The summed E-state index contributed by atoms with van der Waals surface area (Å²) in [5, 5.41) is 3.15. The molecule has 19 heavy (non-hydrogen) atoms. The number of benzene rings is 2. The largest absolute Gasteiger partial charge is 0.344 e. The van der Waals surface area contributed by atoms with Crippen LogP contribution in [0.3, 0.4) is 0 Å². The third kappa shape index (κ3) is 3.33. The molecule has 4 heteroatoms. The highest BCUT2D eigenvalue weighted by atomic mass is 79.9. The van der Waals surface area contributed by atoms with Crippen molar-refractivity contribution in [2.45, 2.75) is 6.54 Å². The zero-order valence-electron chi connectivity index (χ0n) is 11.0. The lowest BCUT2D eigenvalue weighted by Gasteiger charge is -2.23. The van der Waals surface area contributed by atoms with E-state index in [4.69, 9.17) is 0 Å². The normalized spacial score (nSPS) is 10.5. The van der Waals surface area contributed by atoms with Gasteiger partial charge in [0.05, 0.1) is 0 Å². The van der Waals surface area contributed by atoms with E-state index in [1.165, 1.54) is 12.1 Å². The Balaban J connectivity index is 2.42. The van der Waals surface area contributed by atoms with Gasteiger partial charge in [0, 0.05) is 29.4 Å². The van der Waals surface area contributed by atoms with Crippen molar-refractivity contribution in [2.24, 2.45) is 0 Å². The summed E-state index contributed by atoms with van der Waals surface area (Å²) in [5.41, 5.74) is 3.04. The van der Waals surface area contributed by atoms with Crippen molar-refractivity contribution in [1.29, 1.82) is 0 Å². The van der Waals surface area contributed by atoms with Gasteiger partial charge in [-0.1, -0.05) is 28.1 Å². The van der Waals surface area contributed by atoms with Gasteiger partial charge < -0.3 is 10.2 Å². The number of nitrogens with one attached hydrogen (secondary N) is 1. The first-order valence-electron chi connectivity index (χ1n) is 6.04. The third-order valence-corrected chi connectivity index (χ3v) is 3.46. The molecule has 0 bridgehead atoms. The second kappa shape index (κ2) is 6.17. The van der Waals surface area contributed by atoms with Gasteiger partial charge in [0.2, 0.25) is 0 Å². The average molecular weight is 323 g/mol. The molecule has 0 aromatic heterocycles. The number of hydrogen-bond donors (Lipinski definition) is 1.